The van der Waals surface area contributed by atoms with E-state index < -0.39 is 45.3 Å². The molecule has 0 radical (unpaired) electrons. The first-order chi connectivity index (χ1) is 9.81. The van der Waals surface area contributed by atoms with Gasteiger partial charge in [0.05, 0.1) is 4.92 Å². The van der Waals surface area contributed by atoms with E-state index >= 15 is 0 Å². The number of nitrogens with zero attached hydrogens (tertiary/aromatic N) is 3. The molecule has 22 heavy (non-hydrogen) atoms. The number of halogens is 4. The lowest BCUT2D eigenvalue weighted by atomic mass is 10.2. The van der Waals surface area contributed by atoms with Gasteiger partial charge in [-0.1, -0.05) is 0 Å². The van der Waals surface area contributed by atoms with E-state index in [0.29, 0.717) is 0 Å². The van der Waals surface area contributed by atoms with Crippen LogP contribution in [0.3, 0.4) is 0 Å². The number of anilines is 1. The molecule has 1 aromatic heterocycles. The molecular weight excluding hydrogens is 333 g/mol. The van der Waals surface area contributed by atoms with E-state index in [4.69, 9.17) is 16.3 Å². The van der Waals surface area contributed by atoms with Gasteiger partial charge in [-0.25, -0.2) is 9.78 Å². The normalized spacial score (nSPS) is 12.0. The number of ether oxygens (including phenoxy) is 1. The van der Waals surface area contributed by atoms with E-state index in [0.717, 1.165) is 0 Å². The van der Waals surface area contributed by atoms with Crippen LogP contribution in [-0.4, -0.2) is 26.6 Å². The minimum atomic E-state index is -5.15. The van der Waals surface area contributed by atoms with Gasteiger partial charge in [-0.3, -0.25) is 15.4 Å². The van der Waals surface area contributed by atoms with Gasteiger partial charge in [0.15, 0.2) is 0 Å². The minimum absolute atomic E-state index is 0.913. The monoisotopic (exact) mass is 342 g/mol. The molecule has 0 aromatic carbocycles. The van der Waals surface area contributed by atoms with Crippen molar-refractivity contribution in [1.29, 1.82) is 0 Å². The van der Waals surface area contributed by atoms with Gasteiger partial charge in [0.25, 0.3) is 0 Å². The quantitative estimate of drug-likeness (QED) is 0.501. The van der Waals surface area contributed by atoms with Crippen LogP contribution >= 0.6 is 11.6 Å². The van der Waals surface area contributed by atoms with Gasteiger partial charge in [-0.15, -0.1) is 0 Å². The van der Waals surface area contributed by atoms with Crippen LogP contribution in [0.4, 0.5) is 29.5 Å². The Kier molecular flexibility index (Phi) is 4.80. The Bertz CT molecular complexity index is 615. The lowest BCUT2D eigenvalue weighted by molar-refractivity contribution is -0.387. The Morgan fingerprint density at radius 2 is 1.86 bits per heavy atom. The minimum Gasteiger partial charge on any atom is -0.444 e. The molecule has 0 saturated carbocycles. The number of rotatable bonds is 2. The Balaban J connectivity index is 3.33. The Morgan fingerprint density at radius 1 is 1.32 bits per heavy atom. The molecule has 12 heteroatoms. The Morgan fingerprint density at radius 3 is 2.27 bits per heavy atom. The Hall–Kier alpha value is -2.17. The topological polar surface area (TPSA) is 107 Å². The zero-order valence-corrected chi connectivity index (χ0v) is 12.2. The van der Waals surface area contributed by atoms with Gasteiger partial charge in [-0.05, 0) is 32.4 Å². The summed E-state index contributed by atoms with van der Waals surface area (Å²) < 4.78 is 43.1. The summed E-state index contributed by atoms with van der Waals surface area (Å²) in [5.74, 6) is -1.01. The predicted molar refractivity (Wildman–Crippen MR) is 68.6 cm³/mol. The number of hydrogen-bond donors (Lipinski definition) is 1. The third kappa shape index (κ3) is 4.69. The van der Waals surface area contributed by atoms with E-state index in [9.17, 15) is 28.1 Å². The molecule has 0 bridgehead atoms. The molecule has 0 aliphatic heterocycles. The molecule has 1 rings (SSSR count). The maximum absolute atomic E-state index is 12.8. The van der Waals surface area contributed by atoms with Crippen molar-refractivity contribution in [2.75, 3.05) is 5.32 Å². The summed E-state index contributed by atoms with van der Waals surface area (Å²) in [5.41, 5.74) is -4.37. The summed E-state index contributed by atoms with van der Waals surface area (Å²) in [5, 5.41) is 11.7. The largest absolute Gasteiger partial charge is 0.444 e. The number of carbonyl (C=O) groups is 1. The van der Waals surface area contributed by atoms with E-state index in [1.54, 1.807) is 5.32 Å². The van der Waals surface area contributed by atoms with Crippen molar-refractivity contribution in [2.24, 2.45) is 0 Å². The van der Waals surface area contributed by atoms with Crippen molar-refractivity contribution >= 4 is 29.2 Å². The first-order valence-corrected chi connectivity index (χ1v) is 5.98. The Labute approximate surface area is 126 Å². The molecule has 1 N–H and O–H groups in total. The molecule has 0 atom stereocenters. The van der Waals surface area contributed by atoms with Crippen LogP contribution in [0.25, 0.3) is 0 Å². The molecule has 0 unspecified atom stereocenters. The summed E-state index contributed by atoms with van der Waals surface area (Å²) in [4.78, 5) is 27.1. The predicted octanol–water partition coefficient (Wildman–Crippen LogP) is 3.40. The van der Waals surface area contributed by atoms with Gasteiger partial charge >= 0.3 is 18.0 Å². The van der Waals surface area contributed by atoms with Crippen molar-refractivity contribution < 1.29 is 27.6 Å². The average Bonchev–Trinajstić information content (AvgIpc) is 2.22. The fourth-order valence-electron chi connectivity index (χ4n) is 1.29. The van der Waals surface area contributed by atoms with Crippen LogP contribution < -0.4 is 5.32 Å². The molecule has 122 valence electrons. The molecule has 1 aromatic rings. The molecule has 0 fully saturated rings. The number of nitro groups is 1. The standard InChI is InChI=1S/C10H10ClF3N4O4/c1-9(2,3)22-8(19)17-6-4(18(20)21)5(10(12,13)14)15-7(11)16-6/h1-3H3,(H,15,16,17,19). The lowest BCUT2D eigenvalue weighted by Gasteiger charge is -2.19. The van der Waals surface area contributed by atoms with Crippen LogP contribution in [0, 0.1) is 10.1 Å². The highest BCUT2D eigenvalue weighted by Crippen LogP contribution is 2.38. The van der Waals surface area contributed by atoms with Gasteiger partial charge in [0.2, 0.25) is 16.8 Å². The highest BCUT2D eigenvalue weighted by molar-refractivity contribution is 6.28. The number of alkyl halides is 3. The third-order valence-corrected chi connectivity index (χ3v) is 2.10. The second kappa shape index (κ2) is 5.91. The van der Waals surface area contributed by atoms with Crippen LogP contribution in [0.15, 0.2) is 0 Å². The molecule has 0 saturated heterocycles. The van der Waals surface area contributed by atoms with Crippen LogP contribution in [0.1, 0.15) is 26.5 Å². The highest BCUT2D eigenvalue weighted by atomic mass is 35.5. The fraction of sp³-hybridized carbons (Fsp3) is 0.500. The van der Waals surface area contributed by atoms with E-state index in [2.05, 4.69) is 9.97 Å². The summed E-state index contributed by atoms with van der Waals surface area (Å²) in [6.45, 7) is 4.49. The zero-order valence-electron chi connectivity index (χ0n) is 11.5. The maximum Gasteiger partial charge on any atom is 0.440 e. The first kappa shape index (κ1) is 17.9. The van der Waals surface area contributed by atoms with Gasteiger partial charge in [0, 0.05) is 0 Å². The lowest BCUT2D eigenvalue weighted by Crippen LogP contribution is -2.28. The molecular formula is C10H10ClF3N4O4. The average molecular weight is 343 g/mol. The SMILES string of the molecule is CC(C)(C)OC(=O)Nc1nc(Cl)nc(C(F)(F)F)c1[N+](=O)[O-]. The second-order valence-electron chi connectivity index (χ2n) is 4.92. The van der Waals surface area contributed by atoms with Crippen LogP contribution in [0.5, 0.6) is 0 Å². The zero-order chi connectivity index (χ0) is 17.3. The van der Waals surface area contributed by atoms with Crippen molar-refractivity contribution in [1.82, 2.24) is 9.97 Å². The maximum atomic E-state index is 12.8. The van der Waals surface area contributed by atoms with Crippen molar-refractivity contribution in [3.8, 4) is 0 Å². The van der Waals surface area contributed by atoms with Crippen LogP contribution in [0.2, 0.25) is 5.28 Å². The summed E-state index contributed by atoms with van der Waals surface area (Å²) in [7, 11) is 0. The third-order valence-electron chi connectivity index (χ3n) is 1.93. The fourth-order valence-corrected chi connectivity index (χ4v) is 1.45. The molecule has 0 spiro atoms. The van der Waals surface area contributed by atoms with E-state index in [-0.39, 0.29) is 0 Å². The number of aromatic nitrogens is 2. The summed E-state index contributed by atoms with van der Waals surface area (Å²) >= 11 is 5.31. The molecule has 0 aliphatic rings. The molecule has 1 heterocycles. The van der Waals surface area contributed by atoms with Gasteiger partial charge in [0.1, 0.15) is 5.60 Å². The summed E-state index contributed by atoms with van der Waals surface area (Å²) in [6.07, 6.45) is -6.38. The van der Waals surface area contributed by atoms with E-state index in [1.165, 1.54) is 20.8 Å². The molecule has 1 amide bonds. The number of amides is 1. The molecule has 8 nitrogen and oxygen atoms in total. The van der Waals surface area contributed by atoms with Crippen molar-refractivity contribution in [3.05, 3.63) is 21.1 Å². The van der Waals surface area contributed by atoms with Crippen LogP contribution in [-0.2, 0) is 10.9 Å². The highest BCUT2D eigenvalue weighted by Gasteiger charge is 2.43. The number of hydrogen-bond acceptors (Lipinski definition) is 6. The molecule has 0 aliphatic carbocycles. The number of carbonyl (C=O) groups excluding carboxylic acids is 1. The van der Waals surface area contributed by atoms with Gasteiger partial charge in [-0.2, -0.15) is 18.2 Å². The smallest absolute Gasteiger partial charge is 0.440 e. The van der Waals surface area contributed by atoms with Crippen molar-refractivity contribution in [3.63, 3.8) is 0 Å². The summed E-state index contributed by atoms with van der Waals surface area (Å²) in [6, 6.07) is 0. The van der Waals surface area contributed by atoms with Crippen molar-refractivity contribution in [2.45, 2.75) is 32.5 Å². The van der Waals surface area contributed by atoms with Gasteiger partial charge < -0.3 is 4.74 Å². The second-order valence-corrected chi connectivity index (χ2v) is 5.26. The first-order valence-electron chi connectivity index (χ1n) is 5.60. The number of nitrogens with one attached hydrogen (secondary N) is 1. The van der Waals surface area contributed by atoms with E-state index in [1.807, 2.05) is 0 Å².